The largest absolute Gasteiger partial charge is 0.353 e. The molecule has 4 heteroatoms. The first-order valence-electron chi connectivity index (χ1n) is 5.33. The summed E-state index contributed by atoms with van der Waals surface area (Å²) in [7, 11) is 0. The van der Waals surface area contributed by atoms with E-state index in [1.807, 2.05) is 37.3 Å². The monoisotopic (exact) mass is 320 g/mol. The van der Waals surface area contributed by atoms with E-state index >= 15 is 0 Å². The predicted octanol–water partition coefficient (Wildman–Crippen LogP) is 5.03. The summed E-state index contributed by atoms with van der Waals surface area (Å²) in [5, 5.41) is 12.9. The summed E-state index contributed by atoms with van der Waals surface area (Å²) in [6.45, 7) is 1.97. The Bertz CT molecular complexity index is 612. The van der Waals surface area contributed by atoms with E-state index in [1.54, 1.807) is 6.07 Å². The van der Waals surface area contributed by atoms with Crippen molar-refractivity contribution in [1.29, 1.82) is 5.26 Å². The predicted molar refractivity (Wildman–Crippen MR) is 78.3 cm³/mol. The number of benzene rings is 2. The van der Waals surface area contributed by atoms with Crippen molar-refractivity contribution in [2.45, 2.75) is 6.92 Å². The van der Waals surface area contributed by atoms with Crippen LogP contribution < -0.4 is 5.32 Å². The average molecular weight is 322 g/mol. The molecule has 2 aromatic rings. The molecular formula is C14H10BrClN2. The molecule has 90 valence electrons. The lowest BCUT2D eigenvalue weighted by Gasteiger charge is -2.12. The first-order valence-corrected chi connectivity index (χ1v) is 6.50. The van der Waals surface area contributed by atoms with Crippen molar-refractivity contribution < 1.29 is 0 Å². The molecule has 18 heavy (non-hydrogen) atoms. The topological polar surface area (TPSA) is 35.8 Å². The maximum absolute atomic E-state index is 9.09. The highest BCUT2D eigenvalue weighted by Gasteiger charge is 2.07. The van der Waals surface area contributed by atoms with E-state index in [-0.39, 0.29) is 0 Å². The van der Waals surface area contributed by atoms with Crippen LogP contribution in [0.25, 0.3) is 0 Å². The summed E-state index contributed by atoms with van der Waals surface area (Å²) in [5.41, 5.74) is 3.18. The number of rotatable bonds is 2. The quantitative estimate of drug-likeness (QED) is 0.842. The van der Waals surface area contributed by atoms with Crippen molar-refractivity contribution in [3.8, 4) is 6.07 Å². The number of nitrogens with one attached hydrogen (secondary N) is 1. The summed E-state index contributed by atoms with van der Waals surface area (Å²) < 4.78 is 0.911. The molecule has 0 spiro atoms. The fraction of sp³-hybridized carbons (Fsp3) is 0.0714. The van der Waals surface area contributed by atoms with Gasteiger partial charge in [-0.3, -0.25) is 0 Å². The number of hydrogen-bond donors (Lipinski definition) is 1. The Hall–Kier alpha value is -1.50. The maximum atomic E-state index is 9.09. The SMILES string of the molecule is Cc1cccc(Cl)c1Nc1cc(Br)ccc1C#N. The lowest BCUT2D eigenvalue weighted by atomic mass is 10.1. The number of halogens is 2. The molecule has 0 radical (unpaired) electrons. The molecule has 2 rings (SSSR count). The second-order valence-electron chi connectivity index (χ2n) is 3.86. The van der Waals surface area contributed by atoms with Crippen molar-refractivity contribution in [1.82, 2.24) is 0 Å². The molecule has 0 atom stereocenters. The molecule has 0 bridgehead atoms. The Balaban J connectivity index is 2.46. The average Bonchev–Trinajstić information content (AvgIpc) is 2.34. The lowest BCUT2D eigenvalue weighted by Crippen LogP contribution is -1.96. The van der Waals surface area contributed by atoms with Gasteiger partial charge >= 0.3 is 0 Å². The molecule has 0 fully saturated rings. The molecular weight excluding hydrogens is 312 g/mol. The van der Waals surface area contributed by atoms with Gasteiger partial charge in [-0.1, -0.05) is 39.7 Å². The minimum atomic E-state index is 0.581. The van der Waals surface area contributed by atoms with E-state index in [4.69, 9.17) is 16.9 Å². The molecule has 0 aromatic heterocycles. The molecule has 0 saturated carbocycles. The smallest absolute Gasteiger partial charge is 0.101 e. The van der Waals surface area contributed by atoms with Gasteiger partial charge in [0.1, 0.15) is 6.07 Å². The summed E-state index contributed by atoms with van der Waals surface area (Å²) in [6, 6.07) is 13.3. The number of para-hydroxylation sites is 1. The van der Waals surface area contributed by atoms with E-state index < -0.39 is 0 Å². The van der Waals surface area contributed by atoms with Gasteiger partial charge in [-0.25, -0.2) is 0 Å². The first kappa shape index (κ1) is 12.9. The Morgan fingerprint density at radius 3 is 2.72 bits per heavy atom. The van der Waals surface area contributed by atoms with Gasteiger partial charge in [0, 0.05) is 4.47 Å². The van der Waals surface area contributed by atoms with Crippen molar-refractivity contribution >= 4 is 38.9 Å². The van der Waals surface area contributed by atoms with Crippen LogP contribution >= 0.6 is 27.5 Å². The van der Waals surface area contributed by atoms with Gasteiger partial charge in [0.15, 0.2) is 0 Å². The molecule has 2 aromatic carbocycles. The Kier molecular flexibility index (Phi) is 3.90. The van der Waals surface area contributed by atoms with Gasteiger partial charge in [-0.2, -0.15) is 5.26 Å². The van der Waals surface area contributed by atoms with E-state index in [0.717, 1.165) is 21.4 Å². The van der Waals surface area contributed by atoms with Crippen molar-refractivity contribution in [2.75, 3.05) is 5.32 Å². The minimum Gasteiger partial charge on any atom is -0.353 e. The fourth-order valence-electron chi connectivity index (χ4n) is 1.64. The lowest BCUT2D eigenvalue weighted by molar-refractivity contribution is 1.41. The van der Waals surface area contributed by atoms with E-state index in [0.29, 0.717) is 10.6 Å². The number of hydrogen-bond acceptors (Lipinski definition) is 2. The van der Waals surface area contributed by atoms with E-state index in [2.05, 4.69) is 27.3 Å². The van der Waals surface area contributed by atoms with Crippen LogP contribution in [0.4, 0.5) is 11.4 Å². The second-order valence-corrected chi connectivity index (χ2v) is 5.18. The van der Waals surface area contributed by atoms with Crippen LogP contribution in [0.3, 0.4) is 0 Å². The second kappa shape index (κ2) is 5.43. The zero-order chi connectivity index (χ0) is 13.1. The van der Waals surface area contributed by atoms with Crippen LogP contribution in [0.5, 0.6) is 0 Å². The van der Waals surface area contributed by atoms with Gasteiger partial charge < -0.3 is 5.32 Å². The summed E-state index contributed by atoms with van der Waals surface area (Å²) in [6.07, 6.45) is 0. The van der Waals surface area contributed by atoms with Crippen molar-refractivity contribution in [3.63, 3.8) is 0 Å². The third kappa shape index (κ3) is 2.66. The molecule has 0 aliphatic carbocycles. The summed E-state index contributed by atoms with van der Waals surface area (Å²) in [4.78, 5) is 0. The Labute approximate surface area is 119 Å². The molecule has 0 unspecified atom stereocenters. The molecule has 0 aliphatic rings. The van der Waals surface area contributed by atoms with Crippen molar-refractivity contribution in [3.05, 3.63) is 57.0 Å². The van der Waals surface area contributed by atoms with Crippen LogP contribution in [0.15, 0.2) is 40.9 Å². The van der Waals surface area contributed by atoms with Crippen LogP contribution in [-0.4, -0.2) is 0 Å². The van der Waals surface area contributed by atoms with Crippen LogP contribution in [0, 0.1) is 18.3 Å². The first-order chi connectivity index (χ1) is 8.61. The zero-order valence-electron chi connectivity index (χ0n) is 9.67. The number of nitrogens with zero attached hydrogens (tertiary/aromatic N) is 1. The fourth-order valence-corrected chi connectivity index (χ4v) is 2.27. The zero-order valence-corrected chi connectivity index (χ0v) is 12.0. The van der Waals surface area contributed by atoms with Gasteiger partial charge in [-0.15, -0.1) is 0 Å². The third-order valence-corrected chi connectivity index (χ3v) is 3.39. The molecule has 0 aliphatic heterocycles. The number of aryl methyl sites for hydroxylation is 1. The Morgan fingerprint density at radius 1 is 1.28 bits per heavy atom. The highest BCUT2D eigenvalue weighted by molar-refractivity contribution is 9.10. The number of anilines is 2. The Morgan fingerprint density at radius 2 is 2.06 bits per heavy atom. The van der Waals surface area contributed by atoms with E-state index in [9.17, 15) is 0 Å². The molecule has 0 heterocycles. The number of nitriles is 1. The highest BCUT2D eigenvalue weighted by Crippen LogP contribution is 2.31. The standard InChI is InChI=1S/C14H10BrClN2/c1-9-3-2-4-12(16)14(9)18-13-7-11(15)6-5-10(13)8-17/h2-7,18H,1H3. The third-order valence-electron chi connectivity index (χ3n) is 2.58. The minimum absolute atomic E-state index is 0.581. The van der Waals surface area contributed by atoms with Gasteiger partial charge in [0.25, 0.3) is 0 Å². The highest BCUT2D eigenvalue weighted by atomic mass is 79.9. The van der Waals surface area contributed by atoms with E-state index in [1.165, 1.54) is 0 Å². The summed E-state index contributed by atoms with van der Waals surface area (Å²) in [5.74, 6) is 0. The van der Waals surface area contributed by atoms with Gasteiger partial charge in [-0.05, 0) is 36.8 Å². The van der Waals surface area contributed by atoms with Gasteiger partial charge in [0.2, 0.25) is 0 Å². The maximum Gasteiger partial charge on any atom is 0.101 e. The van der Waals surface area contributed by atoms with Crippen LogP contribution in [0.1, 0.15) is 11.1 Å². The molecule has 2 nitrogen and oxygen atoms in total. The molecule has 0 amide bonds. The van der Waals surface area contributed by atoms with Gasteiger partial charge in [0.05, 0.1) is 22.0 Å². The summed E-state index contributed by atoms with van der Waals surface area (Å²) >= 11 is 9.55. The normalized spacial score (nSPS) is 9.89. The molecule has 0 saturated heterocycles. The van der Waals surface area contributed by atoms with Crippen molar-refractivity contribution in [2.24, 2.45) is 0 Å². The van der Waals surface area contributed by atoms with Crippen LogP contribution in [-0.2, 0) is 0 Å². The molecule has 1 N–H and O–H groups in total. The van der Waals surface area contributed by atoms with Crippen LogP contribution in [0.2, 0.25) is 5.02 Å².